The number of hydrogen-bond donors (Lipinski definition) is 2. The Bertz CT molecular complexity index is 688. The van der Waals surface area contributed by atoms with Gasteiger partial charge in [-0.2, -0.15) is 0 Å². The molecule has 1 amide bonds. The normalized spacial score (nSPS) is 13.9. The fraction of sp³-hybridized carbons (Fsp3) is 0.357. The monoisotopic (exact) mass is 321 g/mol. The quantitative estimate of drug-likeness (QED) is 0.865. The third-order valence-corrected chi connectivity index (χ3v) is 4.17. The fourth-order valence-electron chi connectivity index (χ4n) is 2.13. The zero-order valence-electron chi connectivity index (χ0n) is 11.9. The highest BCUT2D eigenvalue weighted by Gasteiger charge is 2.17. The SMILES string of the molecule is Cc1nnsc1C(=O)NCC[C@H](O)c1ccc2c(c1)OCO2. The van der Waals surface area contributed by atoms with Gasteiger partial charge in [-0.1, -0.05) is 10.6 Å². The van der Waals surface area contributed by atoms with E-state index in [2.05, 4.69) is 14.9 Å². The van der Waals surface area contributed by atoms with E-state index in [-0.39, 0.29) is 12.7 Å². The summed E-state index contributed by atoms with van der Waals surface area (Å²) < 4.78 is 14.2. The van der Waals surface area contributed by atoms with Gasteiger partial charge in [0.15, 0.2) is 11.5 Å². The highest BCUT2D eigenvalue weighted by Crippen LogP contribution is 2.34. The first kappa shape index (κ1) is 14.7. The molecule has 116 valence electrons. The Labute approximate surface area is 131 Å². The van der Waals surface area contributed by atoms with Crippen molar-refractivity contribution in [3.63, 3.8) is 0 Å². The van der Waals surface area contributed by atoms with Crippen LogP contribution >= 0.6 is 11.5 Å². The Morgan fingerprint density at radius 1 is 1.45 bits per heavy atom. The number of fused-ring (bicyclic) bond motifs is 1. The smallest absolute Gasteiger partial charge is 0.264 e. The summed E-state index contributed by atoms with van der Waals surface area (Å²) in [5.74, 6) is 1.09. The van der Waals surface area contributed by atoms with Crippen LogP contribution in [0.1, 0.15) is 33.5 Å². The molecular weight excluding hydrogens is 306 g/mol. The molecule has 0 bridgehead atoms. The number of nitrogens with one attached hydrogen (secondary N) is 1. The largest absolute Gasteiger partial charge is 0.454 e. The standard InChI is InChI=1S/C14H15N3O4S/c1-8-13(22-17-16-8)14(19)15-5-4-10(18)9-2-3-11-12(6-9)21-7-20-11/h2-3,6,10,18H,4-5,7H2,1H3,(H,15,19)/t10-/m0/s1. The fourth-order valence-corrected chi connectivity index (χ4v) is 2.70. The Morgan fingerprint density at radius 3 is 3.05 bits per heavy atom. The molecule has 1 aromatic carbocycles. The van der Waals surface area contributed by atoms with Crippen molar-refractivity contribution in [3.8, 4) is 11.5 Å². The number of rotatable bonds is 5. The second kappa shape index (κ2) is 6.29. The van der Waals surface area contributed by atoms with Gasteiger partial charge in [0.2, 0.25) is 6.79 Å². The van der Waals surface area contributed by atoms with E-state index in [9.17, 15) is 9.90 Å². The molecule has 7 nitrogen and oxygen atoms in total. The molecule has 0 unspecified atom stereocenters. The lowest BCUT2D eigenvalue weighted by molar-refractivity contribution is 0.0946. The lowest BCUT2D eigenvalue weighted by Gasteiger charge is -2.12. The molecule has 2 heterocycles. The average Bonchev–Trinajstić information content (AvgIpc) is 3.14. The minimum atomic E-state index is -0.685. The highest BCUT2D eigenvalue weighted by molar-refractivity contribution is 7.07. The van der Waals surface area contributed by atoms with Crippen LogP contribution in [0.5, 0.6) is 11.5 Å². The molecule has 0 aliphatic carbocycles. The van der Waals surface area contributed by atoms with E-state index in [0.29, 0.717) is 35.0 Å². The van der Waals surface area contributed by atoms with E-state index >= 15 is 0 Å². The van der Waals surface area contributed by atoms with Crippen LogP contribution in [0, 0.1) is 6.92 Å². The summed E-state index contributed by atoms with van der Waals surface area (Å²) in [7, 11) is 0. The average molecular weight is 321 g/mol. The number of aliphatic hydroxyl groups excluding tert-OH is 1. The summed E-state index contributed by atoms with van der Waals surface area (Å²) in [5.41, 5.74) is 1.34. The number of benzene rings is 1. The molecule has 0 fully saturated rings. The number of carbonyl (C=O) groups is 1. The Hall–Kier alpha value is -2.19. The van der Waals surface area contributed by atoms with E-state index < -0.39 is 6.10 Å². The summed E-state index contributed by atoms with van der Waals surface area (Å²) in [4.78, 5) is 12.4. The molecule has 1 aromatic heterocycles. The van der Waals surface area contributed by atoms with Crippen LogP contribution in [-0.4, -0.2) is 33.9 Å². The van der Waals surface area contributed by atoms with E-state index in [1.165, 1.54) is 0 Å². The predicted molar refractivity (Wildman–Crippen MR) is 79.1 cm³/mol. The maximum absolute atomic E-state index is 11.9. The molecule has 0 saturated carbocycles. The lowest BCUT2D eigenvalue weighted by Crippen LogP contribution is -2.25. The minimum absolute atomic E-state index is 0.202. The first-order valence-electron chi connectivity index (χ1n) is 6.80. The van der Waals surface area contributed by atoms with Gasteiger partial charge in [0.1, 0.15) is 4.88 Å². The molecule has 22 heavy (non-hydrogen) atoms. The summed E-state index contributed by atoms with van der Waals surface area (Å²) in [6, 6.07) is 5.31. The topological polar surface area (TPSA) is 93.6 Å². The van der Waals surface area contributed by atoms with Gasteiger partial charge in [-0.3, -0.25) is 4.79 Å². The van der Waals surface area contributed by atoms with Crippen molar-refractivity contribution < 1.29 is 19.4 Å². The molecule has 0 saturated heterocycles. The van der Waals surface area contributed by atoms with Gasteiger partial charge in [0.05, 0.1) is 11.8 Å². The number of aryl methyl sites for hydroxylation is 1. The van der Waals surface area contributed by atoms with Crippen LogP contribution in [0.2, 0.25) is 0 Å². The molecule has 8 heteroatoms. The maximum Gasteiger partial charge on any atom is 0.264 e. The van der Waals surface area contributed by atoms with Crippen LogP contribution in [0.4, 0.5) is 0 Å². The number of aliphatic hydroxyl groups is 1. The van der Waals surface area contributed by atoms with Crippen LogP contribution in [0.25, 0.3) is 0 Å². The van der Waals surface area contributed by atoms with Gasteiger partial charge >= 0.3 is 0 Å². The van der Waals surface area contributed by atoms with E-state index in [4.69, 9.17) is 9.47 Å². The molecule has 2 N–H and O–H groups in total. The molecule has 1 atom stereocenters. The molecular formula is C14H15N3O4S. The molecule has 1 aliphatic rings. The van der Waals surface area contributed by atoms with Crippen LogP contribution < -0.4 is 14.8 Å². The van der Waals surface area contributed by atoms with Crippen molar-refractivity contribution >= 4 is 17.4 Å². The number of amides is 1. The second-order valence-electron chi connectivity index (χ2n) is 4.86. The van der Waals surface area contributed by atoms with Crippen molar-refractivity contribution in [3.05, 3.63) is 34.3 Å². The second-order valence-corrected chi connectivity index (χ2v) is 5.61. The number of hydrogen-bond acceptors (Lipinski definition) is 7. The van der Waals surface area contributed by atoms with Gasteiger partial charge in [-0.05, 0) is 42.6 Å². The van der Waals surface area contributed by atoms with Gasteiger partial charge in [-0.25, -0.2) is 0 Å². The number of nitrogens with zero attached hydrogens (tertiary/aromatic N) is 2. The first-order chi connectivity index (χ1) is 10.6. The predicted octanol–water partition coefficient (Wildman–Crippen LogP) is 1.43. The third-order valence-electron chi connectivity index (χ3n) is 3.34. The van der Waals surface area contributed by atoms with E-state index in [0.717, 1.165) is 17.1 Å². The van der Waals surface area contributed by atoms with Gasteiger partial charge in [0, 0.05) is 6.54 Å². The Morgan fingerprint density at radius 2 is 2.27 bits per heavy atom. The minimum Gasteiger partial charge on any atom is -0.454 e. The maximum atomic E-state index is 11.9. The molecule has 0 radical (unpaired) electrons. The zero-order chi connectivity index (χ0) is 15.5. The van der Waals surface area contributed by atoms with Gasteiger partial charge < -0.3 is 19.9 Å². The molecule has 1 aliphatic heterocycles. The molecule has 0 spiro atoms. The third kappa shape index (κ3) is 3.02. The Kier molecular flexibility index (Phi) is 4.21. The summed E-state index contributed by atoms with van der Waals surface area (Å²) >= 11 is 1.06. The summed E-state index contributed by atoms with van der Waals surface area (Å²) in [6.07, 6.45) is -0.285. The van der Waals surface area contributed by atoms with Crippen molar-refractivity contribution in [2.45, 2.75) is 19.4 Å². The van der Waals surface area contributed by atoms with E-state index in [1.54, 1.807) is 25.1 Å². The van der Waals surface area contributed by atoms with Gasteiger partial charge in [-0.15, -0.1) is 5.10 Å². The number of carbonyl (C=O) groups excluding carboxylic acids is 1. The van der Waals surface area contributed by atoms with Gasteiger partial charge in [0.25, 0.3) is 5.91 Å². The first-order valence-corrected chi connectivity index (χ1v) is 7.57. The Balaban J connectivity index is 1.53. The van der Waals surface area contributed by atoms with Crippen molar-refractivity contribution in [2.75, 3.05) is 13.3 Å². The summed E-state index contributed by atoms with van der Waals surface area (Å²) in [6.45, 7) is 2.29. The molecule has 3 rings (SSSR count). The van der Waals surface area contributed by atoms with Crippen LogP contribution in [0.15, 0.2) is 18.2 Å². The number of aromatic nitrogens is 2. The highest BCUT2D eigenvalue weighted by atomic mass is 32.1. The van der Waals surface area contributed by atoms with Crippen molar-refractivity contribution in [2.24, 2.45) is 0 Å². The lowest BCUT2D eigenvalue weighted by atomic mass is 10.1. The van der Waals surface area contributed by atoms with E-state index in [1.807, 2.05) is 0 Å². The zero-order valence-corrected chi connectivity index (χ0v) is 12.7. The van der Waals surface area contributed by atoms with Crippen molar-refractivity contribution in [1.29, 1.82) is 0 Å². The van der Waals surface area contributed by atoms with Crippen molar-refractivity contribution in [1.82, 2.24) is 14.9 Å². The molecule has 2 aromatic rings. The number of ether oxygens (including phenoxy) is 2. The van der Waals surface area contributed by atoms with Crippen LogP contribution in [-0.2, 0) is 0 Å². The summed E-state index contributed by atoms with van der Waals surface area (Å²) in [5, 5.41) is 16.7. The van der Waals surface area contributed by atoms with Crippen LogP contribution in [0.3, 0.4) is 0 Å².